The lowest BCUT2D eigenvalue weighted by Gasteiger charge is -2.11. The fraction of sp³-hybridized carbons (Fsp3) is 0.500. The molecule has 19 heavy (non-hydrogen) atoms. The third-order valence-corrected chi connectivity index (χ3v) is 3.16. The Kier molecular flexibility index (Phi) is 4.27. The quantitative estimate of drug-likeness (QED) is 0.723. The molecule has 0 aromatic heterocycles. The zero-order valence-corrected chi connectivity index (χ0v) is 11.1. The van der Waals surface area contributed by atoms with E-state index in [2.05, 4.69) is 5.32 Å². The van der Waals surface area contributed by atoms with E-state index in [1.165, 1.54) is 0 Å². The molecule has 0 bridgehead atoms. The second-order valence-electron chi connectivity index (χ2n) is 4.79. The van der Waals surface area contributed by atoms with Crippen LogP contribution in [0.5, 0.6) is 11.5 Å². The smallest absolute Gasteiger partial charge is 0.240 e. The fourth-order valence-electron chi connectivity index (χ4n) is 1.69. The maximum absolute atomic E-state index is 11.6. The van der Waals surface area contributed by atoms with Gasteiger partial charge in [-0.3, -0.25) is 4.79 Å². The molecule has 1 fully saturated rings. The number of nitrogens with one attached hydrogen (secondary N) is 1. The Morgan fingerprint density at radius 2 is 2.16 bits per heavy atom. The van der Waals surface area contributed by atoms with Crippen molar-refractivity contribution in [3.63, 3.8) is 0 Å². The van der Waals surface area contributed by atoms with E-state index in [-0.39, 0.29) is 5.91 Å². The van der Waals surface area contributed by atoms with Crippen molar-refractivity contribution in [2.45, 2.75) is 24.8 Å². The molecule has 0 atom stereocenters. The first-order valence-electron chi connectivity index (χ1n) is 6.48. The number of hydrogen-bond donors (Lipinski definition) is 2. The van der Waals surface area contributed by atoms with Crippen molar-refractivity contribution in [2.24, 2.45) is 5.73 Å². The Balaban J connectivity index is 1.62. The lowest BCUT2D eigenvalue weighted by Crippen LogP contribution is -2.43. The average Bonchev–Trinajstić information content (AvgIpc) is 3.18. The summed E-state index contributed by atoms with van der Waals surface area (Å²) < 4.78 is 10.7. The van der Waals surface area contributed by atoms with Gasteiger partial charge in [-0.05, 0) is 31.4 Å². The molecular weight excluding hydrogens is 244 g/mol. The number of hydrogen-bond acceptors (Lipinski definition) is 4. The molecule has 1 aromatic carbocycles. The highest BCUT2D eigenvalue weighted by Gasteiger charge is 2.45. The summed E-state index contributed by atoms with van der Waals surface area (Å²) in [5.74, 6) is 1.49. The van der Waals surface area contributed by atoms with Gasteiger partial charge in [0, 0.05) is 12.6 Å². The number of ether oxygens (including phenoxy) is 2. The van der Waals surface area contributed by atoms with Crippen LogP contribution in [0.25, 0.3) is 0 Å². The first kappa shape index (κ1) is 13.7. The molecule has 2 rings (SSSR count). The van der Waals surface area contributed by atoms with E-state index in [9.17, 15) is 4.79 Å². The van der Waals surface area contributed by atoms with Crippen LogP contribution in [0.15, 0.2) is 24.3 Å². The highest BCUT2D eigenvalue weighted by Crippen LogP contribution is 2.31. The van der Waals surface area contributed by atoms with Crippen molar-refractivity contribution in [1.82, 2.24) is 5.32 Å². The second-order valence-corrected chi connectivity index (χ2v) is 4.79. The van der Waals surface area contributed by atoms with Crippen molar-refractivity contribution in [1.29, 1.82) is 0 Å². The number of benzene rings is 1. The van der Waals surface area contributed by atoms with E-state index < -0.39 is 5.54 Å². The highest BCUT2D eigenvalue weighted by atomic mass is 16.5. The van der Waals surface area contributed by atoms with E-state index in [1.807, 2.05) is 24.3 Å². The lowest BCUT2D eigenvalue weighted by molar-refractivity contribution is -0.123. The van der Waals surface area contributed by atoms with Gasteiger partial charge in [0.15, 0.2) is 0 Å². The summed E-state index contributed by atoms with van der Waals surface area (Å²) in [6.07, 6.45) is 2.33. The van der Waals surface area contributed by atoms with Gasteiger partial charge in [-0.2, -0.15) is 0 Å². The van der Waals surface area contributed by atoms with Crippen LogP contribution in [0.3, 0.4) is 0 Å². The van der Waals surface area contributed by atoms with Crippen molar-refractivity contribution in [3.8, 4) is 11.5 Å². The highest BCUT2D eigenvalue weighted by molar-refractivity contribution is 5.88. The Morgan fingerprint density at radius 3 is 2.84 bits per heavy atom. The molecule has 1 saturated carbocycles. The van der Waals surface area contributed by atoms with Crippen LogP contribution in [0.2, 0.25) is 0 Å². The van der Waals surface area contributed by atoms with E-state index >= 15 is 0 Å². The molecule has 1 aliphatic rings. The predicted octanol–water partition coefficient (Wildman–Crippen LogP) is 1.07. The Labute approximate surface area is 113 Å². The average molecular weight is 264 g/mol. The molecule has 1 aromatic rings. The minimum Gasteiger partial charge on any atom is -0.497 e. The maximum Gasteiger partial charge on any atom is 0.240 e. The van der Waals surface area contributed by atoms with E-state index in [0.29, 0.717) is 13.2 Å². The number of carbonyl (C=O) groups excluding carboxylic acids is 1. The molecule has 0 spiro atoms. The molecule has 1 amide bonds. The largest absolute Gasteiger partial charge is 0.497 e. The van der Waals surface area contributed by atoms with Crippen molar-refractivity contribution >= 4 is 5.91 Å². The molecule has 0 saturated heterocycles. The van der Waals surface area contributed by atoms with Gasteiger partial charge < -0.3 is 20.5 Å². The molecule has 0 aliphatic heterocycles. The predicted molar refractivity (Wildman–Crippen MR) is 72.3 cm³/mol. The third-order valence-electron chi connectivity index (χ3n) is 3.16. The van der Waals surface area contributed by atoms with Crippen LogP contribution in [-0.2, 0) is 4.79 Å². The van der Waals surface area contributed by atoms with Gasteiger partial charge in [-0.1, -0.05) is 6.07 Å². The second kappa shape index (κ2) is 5.93. The summed E-state index contributed by atoms with van der Waals surface area (Å²) >= 11 is 0. The van der Waals surface area contributed by atoms with Crippen molar-refractivity contribution < 1.29 is 14.3 Å². The van der Waals surface area contributed by atoms with Crippen LogP contribution < -0.4 is 20.5 Å². The first-order chi connectivity index (χ1) is 9.14. The summed E-state index contributed by atoms with van der Waals surface area (Å²) in [6.45, 7) is 1.13. The van der Waals surface area contributed by atoms with Crippen LogP contribution >= 0.6 is 0 Å². The van der Waals surface area contributed by atoms with Crippen LogP contribution in [-0.4, -0.2) is 31.7 Å². The fourth-order valence-corrected chi connectivity index (χ4v) is 1.69. The summed E-state index contributed by atoms with van der Waals surface area (Å²) in [6, 6.07) is 7.45. The van der Waals surface area contributed by atoms with E-state index in [4.69, 9.17) is 15.2 Å². The number of amides is 1. The molecule has 3 N–H and O–H groups in total. The van der Waals surface area contributed by atoms with Gasteiger partial charge in [0.05, 0.1) is 19.3 Å². The molecule has 1 aliphatic carbocycles. The summed E-state index contributed by atoms with van der Waals surface area (Å²) in [5.41, 5.74) is 5.18. The molecular formula is C14H20N2O3. The van der Waals surface area contributed by atoms with Gasteiger partial charge in [0.25, 0.3) is 0 Å². The van der Waals surface area contributed by atoms with Crippen molar-refractivity contribution in [3.05, 3.63) is 24.3 Å². The summed E-state index contributed by atoms with van der Waals surface area (Å²) in [4.78, 5) is 11.6. The molecule has 5 heteroatoms. The third kappa shape index (κ3) is 3.86. The summed E-state index contributed by atoms with van der Waals surface area (Å²) in [7, 11) is 1.62. The minimum atomic E-state index is -0.590. The Hall–Kier alpha value is -1.75. The van der Waals surface area contributed by atoms with Gasteiger partial charge in [0.2, 0.25) is 5.91 Å². The first-order valence-corrected chi connectivity index (χ1v) is 6.48. The standard InChI is InChI=1S/C14H20N2O3/c1-18-11-4-2-5-12(10-11)19-9-3-8-16-13(17)14(15)6-7-14/h2,4-5,10H,3,6-9,15H2,1H3,(H,16,17). The Morgan fingerprint density at radius 1 is 1.42 bits per heavy atom. The van der Waals surface area contributed by atoms with Gasteiger partial charge in [-0.25, -0.2) is 0 Å². The topological polar surface area (TPSA) is 73.6 Å². The number of nitrogens with two attached hydrogens (primary N) is 1. The van der Waals surface area contributed by atoms with Crippen LogP contribution in [0, 0.1) is 0 Å². The molecule has 5 nitrogen and oxygen atoms in total. The SMILES string of the molecule is COc1cccc(OCCCNC(=O)C2(N)CC2)c1. The molecule has 0 heterocycles. The molecule has 0 unspecified atom stereocenters. The number of methoxy groups -OCH3 is 1. The van der Waals surface area contributed by atoms with E-state index in [1.54, 1.807) is 7.11 Å². The van der Waals surface area contributed by atoms with Gasteiger partial charge in [-0.15, -0.1) is 0 Å². The van der Waals surface area contributed by atoms with Crippen LogP contribution in [0.4, 0.5) is 0 Å². The van der Waals surface area contributed by atoms with Crippen LogP contribution in [0.1, 0.15) is 19.3 Å². The molecule has 0 radical (unpaired) electrons. The van der Waals surface area contributed by atoms with E-state index in [0.717, 1.165) is 30.8 Å². The van der Waals surface area contributed by atoms with Gasteiger partial charge >= 0.3 is 0 Å². The summed E-state index contributed by atoms with van der Waals surface area (Å²) in [5, 5.41) is 2.83. The zero-order chi connectivity index (χ0) is 13.7. The zero-order valence-electron chi connectivity index (χ0n) is 11.1. The Bertz CT molecular complexity index is 444. The minimum absolute atomic E-state index is 0.0473. The normalized spacial score (nSPS) is 15.7. The monoisotopic (exact) mass is 264 g/mol. The van der Waals surface area contributed by atoms with Crippen molar-refractivity contribution in [2.75, 3.05) is 20.3 Å². The van der Waals surface area contributed by atoms with Gasteiger partial charge in [0.1, 0.15) is 11.5 Å². The number of rotatable bonds is 7. The number of carbonyl (C=O) groups is 1. The lowest BCUT2D eigenvalue weighted by atomic mass is 10.2. The molecule has 104 valence electrons. The maximum atomic E-state index is 11.6.